The zero-order valence-electron chi connectivity index (χ0n) is 26.3. The van der Waals surface area contributed by atoms with Gasteiger partial charge in [0, 0.05) is 59.0 Å². The summed E-state index contributed by atoms with van der Waals surface area (Å²) < 4.78 is 5.62. The normalized spacial score (nSPS) is 14.9. The van der Waals surface area contributed by atoms with Crippen molar-refractivity contribution in [2.45, 2.75) is 44.8 Å². The number of piperidine rings is 1. The summed E-state index contributed by atoms with van der Waals surface area (Å²) in [6, 6.07) is 18.3. The van der Waals surface area contributed by atoms with Crippen molar-refractivity contribution in [3.8, 4) is 28.1 Å². The summed E-state index contributed by atoms with van der Waals surface area (Å²) in [6.45, 7) is 1.19. The number of aromatic hydroxyl groups is 1. The number of pyridine rings is 1. The maximum absolute atomic E-state index is 12.8. The molecule has 1 saturated heterocycles. The van der Waals surface area contributed by atoms with Gasteiger partial charge < -0.3 is 15.4 Å². The molecular weight excluding hydrogens is 622 g/mol. The van der Waals surface area contributed by atoms with E-state index in [4.69, 9.17) is 5.73 Å². The van der Waals surface area contributed by atoms with Crippen molar-refractivity contribution in [1.29, 1.82) is 0 Å². The van der Waals surface area contributed by atoms with Crippen molar-refractivity contribution >= 4 is 39.6 Å². The molecule has 1 unspecified atom stereocenters. The summed E-state index contributed by atoms with van der Waals surface area (Å²) in [4.78, 5) is 29.2. The summed E-state index contributed by atoms with van der Waals surface area (Å²) in [7, 11) is 0. The van der Waals surface area contributed by atoms with Crippen LogP contribution in [0.15, 0.2) is 85.5 Å². The van der Waals surface area contributed by atoms with Gasteiger partial charge in [0.25, 0.3) is 0 Å². The van der Waals surface area contributed by atoms with Gasteiger partial charge >= 0.3 is 0 Å². The number of carbonyl (C=O) groups excluding carboxylic acids is 2. The number of hydrogen-bond acceptors (Lipinski definition) is 10. The molecule has 6 heterocycles. The van der Waals surface area contributed by atoms with Crippen LogP contribution >= 0.6 is 0 Å². The number of aryl methyl sites for hydroxylation is 2. The van der Waals surface area contributed by atoms with Crippen molar-refractivity contribution < 1.29 is 14.7 Å². The average Bonchev–Trinajstić information content (AvgIpc) is 3.84. The van der Waals surface area contributed by atoms with Gasteiger partial charge in [-0.3, -0.25) is 19.6 Å². The lowest BCUT2D eigenvalue weighted by atomic mass is 10.1. The van der Waals surface area contributed by atoms with E-state index in [1.807, 2.05) is 62.7 Å². The van der Waals surface area contributed by atoms with Crippen LogP contribution in [0.3, 0.4) is 0 Å². The van der Waals surface area contributed by atoms with Gasteiger partial charge in [0.2, 0.25) is 11.8 Å². The first kappa shape index (κ1) is 29.9. The number of nitrogens with one attached hydrogen (secondary N) is 1. The smallest absolute Gasteiger partial charge is 0.249 e. The molecule has 8 rings (SSSR count). The quantitative estimate of drug-likeness (QED) is 0.192. The van der Waals surface area contributed by atoms with Gasteiger partial charge in [-0.2, -0.15) is 5.10 Å². The number of phenols is 1. The molecular formula is C35H31N11O3. The molecule has 4 N–H and O–H groups in total. The van der Waals surface area contributed by atoms with Gasteiger partial charge in [-0.25, -0.2) is 9.67 Å². The van der Waals surface area contributed by atoms with Crippen molar-refractivity contribution in [2.24, 2.45) is 0 Å². The third kappa shape index (κ3) is 5.73. The zero-order valence-corrected chi connectivity index (χ0v) is 26.3. The van der Waals surface area contributed by atoms with E-state index in [-0.39, 0.29) is 23.4 Å². The van der Waals surface area contributed by atoms with Crippen LogP contribution in [0.2, 0.25) is 0 Å². The van der Waals surface area contributed by atoms with E-state index in [1.54, 1.807) is 30.6 Å². The minimum Gasteiger partial charge on any atom is -0.507 e. The summed E-state index contributed by atoms with van der Waals surface area (Å²) in [5.41, 5.74) is 12.3. The molecule has 244 valence electrons. The molecule has 49 heavy (non-hydrogen) atoms. The Bertz CT molecular complexity index is 2370. The van der Waals surface area contributed by atoms with Crippen molar-refractivity contribution in [3.63, 3.8) is 0 Å². The third-order valence-electron chi connectivity index (χ3n) is 8.84. The maximum Gasteiger partial charge on any atom is 0.249 e. The second kappa shape index (κ2) is 12.3. The summed E-state index contributed by atoms with van der Waals surface area (Å²) in [6.07, 6.45) is 9.58. The number of amides is 2. The fourth-order valence-corrected chi connectivity index (χ4v) is 6.48. The second-order valence-electron chi connectivity index (χ2n) is 12.1. The monoisotopic (exact) mass is 653 g/mol. The fraction of sp³-hybridized carbons (Fsp3) is 0.200. The Balaban J connectivity index is 0.937. The number of phenolic OH excluding ortho intramolecular Hbond substituents is 1. The fourth-order valence-electron chi connectivity index (χ4n) is 6.48. The second-order valence-corrected chi connectivity index (χ2v) is 12.1. The first-order valence-electron chi connectivity index (χ1n) is 16.0. The molecule has 1 aliphatic rings. The van der Waals surface area contributed by atoms with E-state index in [0.717, 1.165) is 51.6 Å². The molecule has 5 aromatic heterocycles. The number of rotatable bonds is 9. The molecule has 2 amide bonds. The molecule has 14 heteroatoms. The molecule has 0 bridgehead atoms. The summed E-state index contributed by atoms with van der Waals surface area (Å²) >= 11 is 0. The van der Waals surface area contributed by atoms with Gasteiger partial charge in [-0.05, 0) is 67.3 Å². The van der Waals surface area contributed by atoms with Gasteiger partial charge in [0.15, 0.2) is 5.82 Å². The van der Waals surface area contributed by atoms with Crippen molar-refractivity contribution in [1.82, 2.24) is 49.8 Å². The summed E-state index contributed by atoms with van der Waals surface area (Å²) in [5.74, 6) is -0.145. The van der Waals surface area contributed by atoms with Gasteiger partial charge in [0.1, 0.15) is 17.4 Å². The highest BCUT2D eigenvalue weighted by Gasteiger charge is 2.31. The average molecular weight is 654 g/mol. The predicted molar refractivity (Wildman–Crippen MR) is 181 cm³/mol. The molecule has 1 atom stereocenters. The number of anilines is 1. The number of benzene rings is 2. The predicted octanol–water partition coefficient (Wildman–Crippen LogP) is 4.05. The van der Waals surface area contributed by atoms with Crippen LogP contribution in [0.4, 0.5) is 5.82 Å². The Morgan fingerprint density at radius 2 is 1.84 bits per heavy atom. The van der Waals surface area contributed by atoms with Crippen LogP contribution in [-0.4, -0.2) is 61.4 Å². The third-order valence-corrected chi connectivity index (χ3v) is 8.84. The van der Waals surface area contributed by atoms with E-state index in [0.29, 0.717) is 42.8 Å². The van der Waals surface area contributed by atoms with Crippen LogP contribution < -0.4 is 11.1 Å². The standard InChI is InChI=1S/C35H31N11O3/c36-33-26(16-28(41-42-33)25-6-1-2-8-31(25)47)22-17-38-44(19-22)14-4-5-23-20-45(43-40-23)18-21-9-10-29-27(15-21)24-7-3-13-37-34(24)46(29)30-11-12-32(48)39-35(30)49/h1-3,6-10,13,15-17,19-20,30,47H,4-5,11-12,14,18H2,(H2,36,42)(H,39,48,49). The van der Waals surface area contributed by atoms with Crippen LogP contribution in [-0.2, 0) is 29.1 Å². The van der Waals surface area contributed by atoms with E-state index < -0.39 is 6.04 Å². The van der Waals surface area contributed by atoms with Crippen molar-refractivity contribution in [3.05, 3.63) is 96.7 Å². The minimum absolute atomic E-state index is 0.120. The molecule has 2 aromatic carbocycles. The number of fused-ring (bicyclic) bond motifs is 3. The number of imide groups is 1. The highest BCUT2D eigenvalue weighted by atomic mass is 16.3. The summed E-state index contributed by atoms with van der Waals surface area (Å²) in [5, 5.41) is 36.2. The molecule has 1 fully saturated rings. The highest BCUT2D eigenvalue weighted by Crippen LogP contribution is 2.34. The Hall–Kier alpha value is -6.44. The van der Waals surface area contributed by atoms with Gasteiger partial charge in [0.05, 0.1) is 29.6 Å². The van der Waals surface area contributed by atoms with Gasteiger partial charge in [-0.15, -0.1) is 15.3 Å². The Kier molecular flexibility index (Phi) is 7.51. The number of hydrogen-bond donors (Lipinski definition) is 3. The first-order chi connectivity index (χ1) is 23.9. The zero-order chi connectivity index (χ0) is 33.5. The Morgan fingerprint density at radius 1 is 0.939 bits per heavy atom. The van der Waals surface area contributed by atoms with E-state index in [9.17, 15) is 14.7 Å². The largest absolute Gasteiger partial charge is 0.507 e. The van der Waals surface area contributed by atoms with Crippen LogP contribution in [0.5, 0.6) is 5.75 Å². The molecule has 0 aliphatic carbocycles. The van der Waals surface area contributed by atoms with E-state index in [1.165, 1.54) is 0 Å². The number of nitrogen functional groups attached to an aromatic ring is 1. The Labute approximate surface area is 279 Å². The lowest BCUT2D eigenvalue weighted by Gasteiger charge is -2.23. The number of nitrogens with zero attached hydrogens (tertiary/aromatic N) is 9. The molecule has 7 aromatic rings. The number of aromatic nitrogens is 9. The SMILES string of the molecule is Nc1nnc(-c2ccccc2O)cc1-c1cnn(CCCc2cn(Cc3ccc4c(c3)c3cccnc3n4C3CCC(=O)NC3=O)nn2)c1. The highest BCUT2D eigenvalue weighted by molar-refractivity contribution is 6.09. The lowest BCUT2D eigenvalue weighted by Crippen LogP contribution is -2.41. The number of carbonyl (C=O) groups is 2. The van der Waals surface area contributed by atoms with Crippen LogP contribution in [0, 0.1) is 0 Å². The molecule has 14 nitrogen and oxygen atoms in total. The number of nitrogens with two attached hydrogens (primary N) is 1. The topological polar surface area (TPSA) is 185 Å². The Morgan fingerprint density at radius 3 is 2.71 bits per heavy atom. The maximum atomic E-state index is 12.8. The number of para-hydroxylation sites is 1. The van der Waals surface area contributed by atoms with Crippen molar-refractivity contribution in [2.75, 3.05) is 5.73 Å². The minimum atomic E-state index is -0.502. The van der Waals surface area contributed by atoms with E-state index >= 15 is 0 Å². The van der Waals surface area contributed by atoms with Crippen LogP contribution in [0.25, 0.3) is 44.3 Å². The molecule has 1 aliphatic heterocycles. The van der Waals surface area contributed by atoms with Gasteiger partial charge in [-0.1, -0.05) is 23.4 Å². The molecule has 0 spiro atoms. The lowest BCUT2D eigenvalue weighted by molar-refractivity contribution is -0.135. The molecule has 0 saturated carbocycles. The first-order valence-corrected chi connectivity index (χ1v) is 16.0. The van der Waals surface area contributed by atoms with E-state index in [2.05, 4.69) is 42.0 Å². The van der Waals surface area contributed by atoms with Crippen LogP contribution in [0.1, 0.15) is 36.6 Å². The molecule has 0 radical (unpaired) electrons.